The second kappa shape index (κ2) is 6.85. The standard InChI is InChI=1S/C21H22N2O2/c1-21(2,3)25-20(24)23(19-11-5-4-6-12-19)22-18-14-13-16-9-7-8-10-17(16)15-18/h4-15,22H,1-3H3. The van der Waals surface area contributed by atoms with Gasteiger partial charge in [-0.2, -0.15) is 5.01 Å². The van der Waals surface area contributed by atoms with Gasteiger partial charge in [-0.3, -0.25) is 5.43 Å². The molecule has 0 aromatic heterocycles. The molecule has 0 bridgehead atoms. The van der Waals surface area contributed by atoms with Gasteiger partial charge in [0.1, 0.15) is 5.60 Å². The highest BCUT2D eigenvalue weighted by molar-refractivity contribution is 5.92. The largest absolute Gasteiger partial charge is 0.442 e. The predicted molar refractivity (Wildman–Crippen MR) is 103 cm³/mol. The third-order valence-corrected chi connectivity index (χ3v) is 3.58. The molecule has 4 heteroatoms. The highest BCUT2D eigenvalue weighted by atomic mass is 16.6. The first kappa shape index (κ1) is 16.8. The maximum absolute atomic E-state index is 12.7. The number of rotatable bonds is 3. The molecule has 0 atom stereocenters. The van der Waals surface area contributed by atoms with Crippen LogP contribution in [0.1, 0.15) is 20.8 Å². The van der Waals surface area contributed by atoms with Crippen LogP contribution < -0.4 is 10.4 Å². The third kappa shape index (κ3) is 4.29. The van der Waals surface area contributed by atoms with E-state index in [0.29, 0.717) is 5.69 Å². The second-order valence-corrected chi connectivity index (χ2v) is 6.83. The molecule has 0 saturated carbocycles. The summed E-state index contributed by atoms with van der Waals surface area (Å²) < 4.78 is 5.54. The fourth-order valence-electron chi connectivity index (χ4n) is 2.49. The van der Waals surface area contributed by atoms with Crippen LogP contribution in [0.15, 0.2) is 72.8 Å². The third-order valence-electron chi connectivity index (χ3n) is 3.58. The van der Waals surface area contributed by atoms with Crippen LogP contribution in [-0.2, 0) is 4.74 Å². The number of nitrogens with zero attached hydrogens (tertiary/aromatic N) is 1. The van der Waals surface area contributed by atoms with Gasteiger partial charge in [0.25, 0.3) is 0 Å². The predicted octanol–water partition coefficient (Wildman–Crippen LogP) is 5.61. The minimum absolute atomic E-state index is 0.452. The van der Waals surface area contributed by atoms with Crippen molar-refractivity contribution in [2.24, 2.45) is 0 Å². The molecular formula is C21H22N2O2. The Kier molecular flexibility index (Phi) is 4.61. The number of ether oxygens (including phenoxy) is 1. The van der Waals surface area contributed by atoms with Crippen molar-refractivity contribution in [3.05, 3.63) is 72.8 Å². The van der Waals surface area contributed by atoms with Crippen molar-refractivity contribution in [1.82, 2.24) is 0 Å². The van der Waals surface area contributed by atoms with Crippen LogP contribution in [0, 0.1) is 0 Å². The minimum Gasteiger partial charge on any atom is -0.442 e. The van der Waals surface area contributed by atoms with Crippen molar-refractivity contribution in [3.63, 3.8) is 0 Å². The lowest BCUT2D eigenvalue weighted by molar-refractivity contribution is 0.0589. The zero-order chi connectivity index (χ0) is 17.9. The van der Waals surface area contributed by atoms with Crippen LogP contribution >= 0.6 is 0 Å². The number of carbonyl (C=O) groups is 1. The zero-order valence-electron chi connectivity index (χ0n) is 14.7. The topological polar surface area (TPSA) is 41.6 Å². The number of hydrazine groups is 1. The highest BCUT2D eigenvalue weighted by Gasteiger charge is 2.23. The molecule has 0 heterocycles. The Morgan fingerprint density at radius 1 is 0.880 bits per heavy atom. The van der Waals surface area contributed by atoms with E-state index in [1.54, 1.807) is 0 Å². The van der Waals surface area contributed by atoms with Crippen molar-refractivity contribution in [3.8, 4) is 0 Å². The van der Waals surface area contributed by atoms with E-state index in [1.807, 2.05) is 87.5 Å². The van der Waals surface area contributed by atoms with Gasteiger partial charge in [-0.1, -0.05) is 48.5 Å². The summed E-state index contributed by atoms with van der Waals surface area (Å²) in [7, 11) is 0. The van der Waals surface area contributed by atoms with Gasteiger partial charge in [-0.05, 0) is 55.8 Å². The van der Waals surface area contributed by atoms with Crippen molar-refractivity contribution < 1.29 is 9.53 Å². The Morgan fingerprint density at radius 3 is 2.20 bits per heavy atom. The van der Waals surface area contributed by atoms with Crippen molar-refractivity contribution in [2.75, 3.05) is 10.4 Å². The van der Waals surface area contributed by atoms with E-state index in [-0.39, 0.29) is 0 Å². The molecule has 0 spiro atoms. The molecule has 3 aromatic carbocycles. The highest BCUT2D eigenvalue weighted by Crippen LogP contribution is 2.23. The smallest absolute Gasteiger partial charge is 0.433 e. The second-order valence-electron chi connectivity index (χ2n) is 6.83. The van der Waals surface area contributed by atoms with Gasteiger partial charge in [0, 0.05) is 0 Å². The number of fused-ring (bicyclic) bond motifs is 1. The molecule has 0 unspecified atom stereocenters. The van der Waals surface area contributed by atoms with Crippen molar-refractivity contribution >= 4 is 28.2 Å². The summed E-state index contributed by atoms with van der Waals surface area (Å²) in [4.78, 5) is 12.7. The molecule has 1 amide bonds. The Hall–Kier alpha value is -3.01. The minimum atomic E-state index is -0.574. The van der Waals surface area contributed by atoms with Crippen LogP contribution in [0.2, 0.25) is 0 Å². The molecule has 4 nitrogen and oxygen atoms in total. The van der Waals surface area contributed by atoms with Gasteiger partial charge in [-0.15, -0.1) is 0 Å². The fraction of sp³-hybridized carbons (Fsp3) is 0.190. The van der Waals surface area contributed by atoms with Gasteiger partial charge in [0.15, 0.2) is 0 Å². The Bertz CT molecular complexity index is 870. The molecule has 25 heavy (non-hydrogen) atoms. The molecule has 0 radical (unpaired) electrons. The maximum Gasteiger partial charge on any atom is 0.433 e. The molecular weight excluding hydrogens is 312 g/mol. The first-order valence-corrected chi connectivity index (χ1v) is 8.26. The number of hydrogen-bond donors (Lipinski definition) is 1. The molecule has 0 aliphatic carbocycles. The molecule has 3 rings (SSSR count). The summed E-state index contributed by atoms with van der Waals surface area (Å²) in [5.41, 5.74) is 4.12. The van der Waals surface area contributed by atoms with Crippen LogP contribution in [0.25, 0.3) is 10.8 Å². The molecule has 0 aliphatic rings. The Labute approximate surface area is 148 Å². The van der Waals surface area contributed by atoms with Gasteiger partial charge in [0.05, 0.1) is 11.4 Å². The normalized spacial score (nSPS) is 11.2. The van der Waals surface area contributed by atoms with Gasteiger partial charge < -0.3 is 4.74 Å². The first-order valence-electron chi connectivity index (χ1n) is 8.26. The number of amides is 1. The van der Waals surface area contributed by atoms with Crippen molar-refractivity contribution in [2.45, 2.75) is 26.4 Å². The van der Waals surface area contributed by atoms with Crippen LogP contribution in [0.5, 0.6) is 0 Å². The van der Waals surface area contributed by atoms with E-state index in [9.17, 15) is 4.79 Å². The number of carbonyl (C=O) groups excluding carboxylic acids is 1. The molecule has 128 valence electrons. The van der Waals surface area contributed by atoms with Crippen molar-refractivity contribution in [1.29, 1.82) is 0 Å². The summed E-state index contributed by atoms with van der Waals surface area (Å²) >= 11 is 0. The van der Waals surface area contributed by atoms with Gasteiger partial charge >= 0.3 is 6.09 Å². The van der Waals surface area contributed by atoms with E-state index < -0.39 is 11.7 Å². The van der Waals surface area contributed by atoms with Crippen LogP contribution in [0.3, 0.4) is 0 Å². The summed E-state index contributed by atoms with van der Waals surface area (Å²) in [5, 5.41) is 3.68. The van der Waals surface area contributed by atoms with E-state index in [0.717, 1.165) is 16.5 Å². The maximum atomic E-state index is 12.7. The summed E-state index contributed by atoms with van der Waals surface area (Å²) in [6.45, 7) is 5.55. The average Bonchev–Trinajstić information content (AvgIpc) is 2.58. The monoisotopic (exact) mass is 334 g/mol. The number of nitrogens with one attached hydrogen (secondary N) is 1. The lowest BCUT2D eigenvalue weighted by Gasteiger charge is -2.28. The lowest BCUT2D eigenvalue weighted by atomic mass is 10.1. The molecule has 3 aromatic rings. The summed E-state index contributed by atoms with van der Waals surface area (Å²) in [6.07, 6.45) is -0.452. The Balaban J connectivity index is 1.92. The van der Waals surface area contributed by atoms with Crippen LogP contribution in [-0.4, -0.2) is 11.7 Å². The fourth-order valence-corrected chi connectivity index (χ4v) is 2.49. The number of hydrogen-bond acceptors (Lipinski definition) is 3. The molecule has 0 saturated heterocycles. The first-order chi connectivity index (χ1) is 11.9. The number of para-hydroxylation sites is 1. The SMILES string of the molecule is CC(C)(C)OC(=O)N(Nc1ccc2ccccc2c1)c1ccccc1. The number of anilines is 2. The summed E-state index contributed by atoms with van der Waals surface area (Å²) in [5.74, 6) is 0. The average molecular weight is 334 g/mol. The Morgan fingerprint density at radius 2 is 1.52 bits per heavy atom. The molecule has 0 aliphatic heterocycles. The van der Waals surface area contributed by atoms with Gasteiger partial charge in [-0.25, -0.2) is 4.79 Å². The quantitative estimate of drug-likeness (QED) is 0.633. The summed E-state index contributed by atoms with van der Waals surface area (Å²) in [6, 6.07) is 23.5. The zero-order valence-corrected chi connectivity index (χ0v) is 14.7. The van der Waals surface area contributed by atoms with E-state index in [2.05, 4.69) is 11.5 Å². The van der Waals surface area contributed by atoms with Crippen LogP contribution in [0.4, 0.5) is 16.2 Å². The molecule has 1 N–H and O–H groups in total. The lowest BCUT2D eigenvalue weighted by Crippen LogP contribution is -2.40. The van der Waals surface area contributed by atoms with Gasteiger partial charge in [0.2, 0.25) is 0 Å². The van der Waals surface area contributed by atoms with E-state index in [1.165, 1.54) is 5.01 Å². The van der Waals surface area contributed by atoms with E-state index in [4.69, 9.17) is 4.74 Å². The van der Waals surface area contributed by atoms with E-state index >= 15 is 0 Å². The molecule has 0 fully saturated rings. The number of benzene rings is 3.